The number of para-hydroxylation sites is 1. The van der Waals surface area contributed by atoms with Gasteiger partial charge in [0, 0.05) is 24.6 Å². The Kier molecular flexibility index (Phi) is 4.99. The highest BCUT2D eigenvalue weighted by Gasteiger charge is 2.43. The molecule has 2 aromatic carbocycles. The largest absolute Gasteiger partial charge is 0.496 e. The molecule has 154 valence electrons. The molecular formula is C22H21FN4O3. The van der Waals surface area contributed by atoms with Crippen LogP contribution in [0.15, 0.2) is 59.9 Å². The first kappa shape index (κ1) is 19.6. The number of imidazole rings is 1. The fourth-order valence-corrected chi connectivity index (χ4v) is 3.34. The molecule has 1 aliphatic heterocycles. The van der Waals surface area contributed by atoms with E-state index in [-0.39, 0.29) is 18.1 Å². The molecule has 2 heterocycles. The first-order valence-electron chi connectivity index (χ1n) is 9.39. The van der Waals surface area contributed by atoms with Crippen molar-refractivity contribution in [2.75, 3.05) is 12.4 Å². The van der Waals surface area contributed by atoms with Crippen LogP contribution in [0.4, 0.5) is 10.3 Å². The van der Waals surface area contributed by atoms with Gasteiger partial charge in [-0.1, -0.05) is 17.3 Å². The molecule has 1 aromatic heterocycles. The average molecular weight is 408 g/mol. The minimum Gasteiger partial charge on any atom is -0.496 e. The Bertz CT molecular complexity index is 1120. The third-order valence-electron chi connectivity index (χ3n) is 5.11. The molecule has 0 aliphatic carbocycles. The predicted octanol–water partition coefficient (Wildman–Crippen LogP) is 3.76. The van der Waals surface area contributed by atoms with Crippen molar-refractivity contribution >= 4 is 17.6 Å². The number of nitrogens with one attached hydrogen (secondary N) is 1. The van der Waals surface area contributed by atoms with Crippen molar-refractivity contribution in [1.29, 1.82) is 0 Å². The standard InChI is InChI=1S/C22H21FN4O3/c1-22(12-17(26-30-22)16-6-4-5-7-19(16)29-3)20(28)25-21-24-13-18(27(21)2)14-8-10-15(23)11-9-14/h4-11,13H,12H2,1-3H3,(H,24,25,28)/t22-/m1/s1. The van der Waals surface area contributed by atoms with Crippen LogP contribution in [-0.2, 0) is 16.7 Å². The second-order valence-corrected chi connectivity index (χ2v) is 7.22. The second kappa shape index (κ2) is 7.62. The molecule has 0 spiro atoms. The number of halogens is 1. The lowest BCUT2D eigenvalue weighted by atomic mass is 9.94. The fraction of sp³-hybridized carbons (Fsp3) is 0.227. The van der Waals surface area contributed by atoms with E-state index >= 15 is 0 Å². The molecule has 0 saturated carbocycles. The molecule has 4 rings (SSSR count). The number of carbonyl (C=O) groups excluding carboxylic acids is 1. The number of carbonyl (C=O) groups is 1. The summed E-state index contributed by atoms with van der Waals surface area (Å²) in [5.41, 5.74) is 1.77. The van der Waals surface area contributed by atoms with E-state index in [1.165, 1.54) is 12.1 Å². The number of hydrogen-bond acceptors (Lipinski definition) is 5. The predicted molar refractivity (Wildman–Crippen MR) is 111 cm³/mol. The maximum atomic E-state index is 13.2. The second-order valence-electron chi connectivity index (χ2n) is 7.22. The van der Waals surface area contributed by atoms with E-state index in [2.05, 4.69) is 15.5 Å². The van der Waals surface area contributed by atoms with E-state index in [0.29, 0.717) is 17.4 Å². The van der Waals surface area contributed by atoms with Gasteiger partial charge in [0.05, 0.1) is 24.7 Å². The Labute approximate surface area is 173 Å². The van der Waals surface area contributed by atoms with Crippen LogP contribution in [-0.4, -0.2) is 33.9 Å². The molecule has 0 bridgehead atoms. The Morgan fingerprint density at radius 2 is 1.97 bits per heavy atom. The lowest BCUT2D eigenvalue weighted by molar-refractivity contribution is -0.136. The van der Waals surface area contributed by atoms with Crippen LogP contribution in [0.3, 0.4) is 0 Å². The summed E-state index contributed by atoms with van der Waals surface area (Å²) in [6, 6.07) is 13.5. The van der Waals surface area contributed by atoms with E-state index in [4.69, 9.17) is 9.57 Å². The van der Waals surface area contributed by atoms with Crippen molar-refractivity contribution in [2.45, 2.75) is 18.9 Å². The Morgan fingerprint density at radius 3 is 2.70 bits per heavy atom. The van der Waals surface area contributed by atoms with Gasteiger partial charge in [0.15, 0.2) is 0 Å². The topological polar surface area (TPSA) is 77.7 Å². The van der Waals surface area contributed by atoms with Crippen molar-refractivity contribution in [3.63, 3.8) is 0 Å². The Hall–Kier alpha value is -3.68. The summed E-state index contributed by atoms with van der Waals surface area (Å²) >= 11 is 0. The molecule has 0 saturated heterocycles. The summed E-state index contributed by atoms with van der Waals surface area (Å²) in [4.78, 5) is 22.8. The zero-order valence-corrected chi connectivity index (χ0v) is 16.8. The molecule has 7 nitrogen and oxygen atoms in total. The summed E-state index contributed by atoms with van der Waals surface area (Å²) in [6.45, 7) is 1.68. The van der Waals surface area contributed by atoms with Gasteiger partial charge in [0.1, 0.15) is 11.6 Å². The molecule has 0 radical (unpaired) electrons. The zero-order chi connectivity index (χ0) is 21.3. The summed E-state index contributed by atoms with van der Waals surface area (Å²) in [7, 11) is 3.36. The minimum absolute atomic E-state index is 0.286. The van der Waals surface area contributed by atoms with E-state index < -0.39 is 5.60 Å². The highest BCUT2D eigenvalue weighted by atomic mass is 19.1. The third-order valence-corrected chi connectivity index (χ3v) is 5.11. The number of rotatable bonds is 5. The lowest BCUT2D eigenvalue weighted by Gasteiger charge is -2.20. The molecular weight excluding hydrogens is 387 g/mol. The molecule has 3 aromatic rings. The van der Waals surface area contributed by atoms with Gasteiger partial charge in [0.2, 0.25) is 11.5 Å². The summed E-state index contributed by atoms with van der Waals surface area (Å²) in [5, 5.41) is 6.93. The van der Waals surface area contributed by atoms with Crippen LogP contribution in [0.1, 0.15) is 18.9 Å². The molecule has 30 heavy (non-hydrogen) atoms. The van der Waals surface area contributed by atoms with E-state index in [0.717, 1.165) is 16.8 Å². The molecule has 1 atom stereocenters. The van der Waals surface area contributed by atoms with Crippen molar-refractivity contribution in [2.24, 2.45) is 12.2 Å². The number of benzene rings is 2. The first-order chi connectivity index (χ1) is 14.4. The van der Waals surface area contributed by atoms with Crippen molar-refractivity contribution in [3.8, 4) is 17.0 Å². The van der Waals surface area contributed by atoms with Crippen molar-refractivity contribution < 1.29 is 18.8 Å². The highest BCUT2D eigenvalue weighted by Crippen LogP contribution is 2.31. The van der Waals surface area contributed by atoms with Crippen LogP contribution >= 0.6 is 0 Å². The lowest BCUT2D eigenvalue weighted by Crippen LogP contribution is -2.41. The van der Waals surface area contributed by atoms with Crippen LogP contribution in [0.2, 0.25) is 0 Å². The van der Waals surface area contributed by atoms with Gasteiger partial charge >= 0.3 is 0 Å². The minimum atomic E-state index is -1.18. The van der Waals surface area contributed by atoms with Gasteiger partial charge in [-0.2, -0.15) is 0 Å². The maximum Gasteiger partial charge on any atom is 0.273 e. The normalized spacial score (nSPS) is 17.9. The van der Waals surface area contributed by atoms with Crippen LogP contribution in [0, 0.1) is 5.82 Å². The zero-order valence-electron chi connectivity index (χ0n) is 16.8. The number of nitrogens with zero attached hydrogens (tertiary/aromatic N) is 3. The van der Waals surface area contributed by atoms with Crippen LogP contribution in [0.25, 0.3) is 11.3 Å². The summed E-state index contributed by atoms with van der Waals surface area (Å²) < 4.78 is 20.3. The van der Waals surface area contributed by atoms with Gasteiger partial charge in [-0.3, -0.25) is 10.1 Å². The highest BCUT2D eigenvalue weighted by molar-refractivity contribution is 6.09. The Balaban J connectivity index is 1.50. The number of oxime groups is 1. The summed E-state index contributed by atoms with van der Waals surface area (Å²) in [6.07, 6.45) is 1.91. The van der Waals surface area contributed by atoms with Gasteiger partial charge in [-0.25, -0.2) is 9.37 Å². The quantitative estimate of drug-likeness (QED) is 0.697. The average Bonchev–Trinajstić information content (AvgIpc) is 3.33. The maximum absolute atomic E-state index is 13.2. The van der Waals surface area contributed by atoms with Crippen LogP contribution < -0.4 is 10.1 Å². The van der Waals surface area contributed by atoms with Gasteiger partial charge in [0.25, 0.3) is 5.91 Å². The molecule has 0 unspecified atom stereocenters. The Morgan fingerprint density at radius 1 is 1.23 bits per heavy atom. The monoisotopic (exact) mass is 408 g/mol. The van der Waals surface area contributed by atoms with Gasteiger partial charge in [-0.15, -0.1) is 0 Å². The molecule has 1 amide bonds. The number of methoxy groups -OCH3 is 1. The molecule has 1 N–H and O–H groups in total. The van der Waals surface area contributed by atoms with Crippen LogP contribution in [0.5, 0.6) is 5.75 Å². The first-order valence-corrected chi connectivity index (χ1v) is 9.39. The van der Waals surface area contributed by atoms with E-state index in [9.17, 15) is 9.18 Å². The van der Waals surface area contributed by atoms with Gasteiger partial charge in [-0.05, 0) is 43.3 Å². The number of amides is 1. The van der Waals surface area contributed by atoms with Crippen molar-refractivity contribution in [3.05, 3.63) is 66.1 Å². The molecule has 8 heteroatoms. The van der Waals surface area contributed by atoms with Crippen molar-refractivity contribution in [1.82, 2.24) is 9.55 Å². The number of aromatic nitrogens is 2. The van der Waals surface area contributed by atoms with E-state index in [1.54, 1.807) is 44.0 Å². The van der Waals surface area contributed by atoms with E-state index in [1.807, 2.05) is 24.3 Å². The molecule has 0 fully saturated rings. The third kappa shape index (κ3) is 3.52. The number of anilines is 1. The fourth-order valence-electron chi connectivity index (χ4n) is 3.34. The number of ether oxygens (including phenoxy) is 1. The molecule has 1 aliphatic rings. The SMILES string of the molecule is COc1ccccc1C1=NO[C@@](C)(C(=O)Nc2ncc(-c3ccc(F)cc3)n2C)C1. The summed E-state index contributed by atoms with van der Waals surface area (Å²) in [5.74, 6) is 0.342. The number of hydrogen-bond donors (Lipinski definition) is 1. The smallest absolute Gasteiger partial charge is 0.273 e. The van der Waals surface area contributed by atoms with Gasteiger partial charge < -0.3 is 14.1 Å².